The fraction of sp³-hybridized carbons (Fsp3) is 0.160. The molecule has 8 heteroatoms. The summed E-state index contributed by atoms with van der Waals surface area (Å²) >= 11 is 0. The van der Waals surface area contributed by atoms with Crippen molar-refractivity contribution < 1.29 is 18.4 Å². The van der Waals surface area contributed by atoms with Gasteiger partial charge in [0.25, 0.3) is 11.8 Å². The van der Waals surface area contributed by atoms with Gasteiger partial charge in [-0.3, -0.25) is 9.59 Å². The maximum atomic E-state index is 13.9. The van der Waals surface area contributed by atoms with E-state index < -0.39 is 17.5 Å². The van der Waals surface area contributed by atoms with Gasteiger partial charge < -0.3 is 15.1 Å². The zero-order valence-corrected chi connectivity index (χ0v) is 17.6. The molecule has 1 heterocycles. The van der Waals surface area contributed by atoms with E-state index in [2.05, 4.69) is 5.32 Å². The number of amides is 2. The fourth-order valence-corrected chi connectivity index (χ4v) is 3.75. The summed E-state index contributed by atoms with van der Waals surface area (Å²) in [6.45, 7) is 1.74. The van der Waals surface area contributed by atoms with Crippen LogP contribution in [-0.4, -0.2) is 42.9 Å². The van der Waals surface area contributed by atoms with Gasteiger partial charge in [0.1, 0.15) is 23.3 Å². The SMILES string of the molecule is N#Cc1c(F)cccc1N1CCN(C(=O)c2cccc(NC(=O)c3ccc(F)cc3)c2)CC1. The summed E-state index contributed by atoms with van der Waals surface area (Å²) in [7, 11) is 0. The van der Waals surface area contributed by atoms with Gasteiger partial charge in [0.15, 0.2) is 0 Å². The van der Waals surface area contributed by atoms with Crippen molar-refractivity contribution in [3.8, 4) is 6.07 Å². The number of piperazine rings is 1. The van der Waals surface area contributed by atoms with Crippen LogP contribution in [0.1, 0.15) is 26.3 Å². The maximum Gasteiger partial charge on any atom is 0.255 e. The third kappa shape index (κ3) is 4.83. The zero-order chi connectivity index (χ0) is 23.4. The average Bonchev–Trinajstić information content (AvgIpc) is 2.84. The van der Waals surface area contributed by atoms with Crippen molar-refractivity contribution in [3.63, 3.8) is 0 Å². The van der Waals surface area contributed by atoms with Gasteiger partial charge in [-0.2, -0.15) is 5.26 Å². The Morgan fingerprint density at radius 2 is 1.58 bits per heavy atom. The van der Waals surface area contributed by atoms with Gasteiger partial charge in [-0.15, -0.1) is 0 Å². The van der Waals surface area contributed by atoms with Gasteiger partial charge in [0, 0.05) is 43.0 Å². The summed E-state index contributed by atoms with van der Waals surface area (Å²) in [5.74, 6) is -1.59. The lowest BCUT2D eigenvalue weighted by atomic mass is 10.1. The second kappa shape index (κ2) is 9.49. The minimum absolute atomic E-state index is 0.00173. The Kier molecular flexibility index (Phi) is 6.31. The molecule has 0 unspecified atom stereocenters. The Morgan fingerprint density at radius 1 is 0.879 bits per heavy atom. The van der Waals surface area contributed by atoms with Crippen molar-refractivity contribution in [3.05, 3.63) is 95.1 Å². The molecule has 0 spiro atoms. The van der Waals surface area contributed by atoms with Crippen molar-refractivity contribution in [1.82, 2.24) is 4.90 Å². The lowest BCUT2D eigenvalue weighted by Crippen LogP contribution is -2.49. The lowest BCUT2D eigenvalue weighted by molar-refractivity contribution is 0.0746. The number of nitriles is 1. The first-order valence-corrected chi connectivity index (χ1v) is 10.4. The molecular formula is C25H20F2N4O2. The van der Waals surface area contributed by atoms with Crippen LogP contribution in [0.3, 0.4) is 0 Å². The molecule has 0 bridgehead atoms. The summed E-state index contributed by atoms with van der Waals surface area (Å²) in [5.41, 5.74) is 1.70. The van der Waals surface area contributed by atoms with E-state index in [1.54, 1.807) is 41.3 Å². The molecule has 6 nitrogen and oxygen atoms in total. The molecular weight excluding hydrogens is 426 g/mol. The van der Waals surface area contributed by atoms with Gasteiger partial charge >= 0.3 is 0 Å². The molecule has 4 rings (SSSR count). The Labute approximate surface area is 189 Å². The highest BCUT2D eigenvalue weighted by atomic mass is 19.1. The van der Waals surface area contributed by atoms with Crippen molar-refractivity contribution in [2.24, 2.45) is 0 Å². The highest BCUT2D eigenvalue weighted by molar-refractivity contribution is 6.05. The van der Waals surface area contributed by atoms with Crippen molar-refractivity contribution in [2.75, 3.05) is 36.4 Å². The first-order valence-electron chi connectivity index (χ1n) is 10.4. The van der Waals surface area contributed by atoms with Crippen LogP contribution in [0.4, 0.5) is 20.2 Å². The van der Waals surface area contributed by atoms with Crippen LogP contribution in [0.25, 0.3) is 0 Å². The quantitative estimate of drug-likeness (QED) is 0.656. The van der Waals surface area contributed by atoms with Crippen molar-refractivity contribution in [1.29, 1.82) is 5.26 Å². The second-order valence-electron chi connectivity index (χ2n) is 7.57. The Morgan fingerprint density at radius 3 is 2.27 bits per heavy atom. The number of nitrogens with zero attached hydrogens (tertiary/aromatic N) is 3. The second-order valence-corrected chi connectivity index (χ2v) is 7.57. The van der Waals surface area contributed by atoms with E-state index in [1.807, 2.05) is 11.0 Å². The minimum Gasteiger partial charge on any atom is -0.367 e. The van der Waals surface area contributed by atoms with Crippen LogP contribution < -0.4 is 10.2 Å². The zero-order valence-electron chi connectivity index (χ0n) is 17.6. The molecule has 1 aliphatic rings. The number of benzene rings is 3. The van der Waals surface area contributed by atoms with Crippen LogP contribution in [0.15, 0.2) is 66.7 Å². The maximum absolute atomic E-state index is 13.9. The Balaban J connectivity index is 1.41. The van der Waals surface area contributed by atoms with Crippen LogP contribution >= 0.6 is 0 Å². The molecule has 2 amide bonds. The highest BCUT2D eigenvalue weighted by Crippen LogP contribution is 2.24. The number of nitrogens with one attached hydrogen (secondary N) is 1. The highest BCUT2D eigenvalue weighted by Gasteiger charge is 2.24. The van der Waals surface area contributed by atoms with E-state index in [-0.39, 0.29) is 11.5 Å². The van der Waals surface area contributed by atoms with Crippen molar-refractivity contribution >= 4 is 23.2 Å². The average molecular weight is 446 g/mol. The Hall–Kier alpha value is -4.25. The normalized spacial score (nSPS) is 13.4. The number of carbonyl (C=O) groups excluding carboxylic acids is 2. The molecule has 3 aromatic carbocycles. The summed E-state index contributed by atoms with van der Waals surface area (Å²) in [4.78, 5) is 29.0. The molecule has 1 aliphatic heterocycles. The molecule has 1 N–H and O–H groups in total. The van der Waals surface area contributed by atoms with Gasteiger partial charge in [0.2, 0.25) is 0 Å². The van der Waals surface area contributed by atoms with Crippen molar-refractivity contribution in [2.45, 2.75) is 0 Å². The smallest absolute Gasteiger partial charge is 0.255 e. The van der Waals surface area contributed by atoms with Crippen LogP contribution in [0.2, 0.25) is 0 Å². The monoisotopic (exact) mass is 446 g/mol. The molecule has 0 saturated carbocycles. The van der Waals surface area contributed by atoms with Crippen LogP contribution in [0.5, 0.6) is 0 Å². The number of rotatable bonds is 4. The number of halogens is 2. The van der Waals surface area contributed by atoms with E-state index >= 15 is 0 Å². The third-order valence-electron chi connectivity index (χ3n) is 5.48. The van der Waals surface area contributed by atoms with Gasteiger partial charge in [0.05, 0.1) is 5.69 Å². The summed E-state index contributed by atoms with van der Waals surface area (Å²) in [5, 5.41) is 12.0. The lowest BCUT2D eigenvalue weighted by Gasteiger charge is -2.36. The third-order valence-corrected chi connectivity index (χ3v) is 5.48. The summed E-state index contributed by atoms with van der Waals surface area (Å²) in [6, 6.07) is 18.2. The Bertz CT molecular complexity index is 1230. The van der Waals surface area contributed by atoms with Crippen LogP contribution in [-0.2, 0) is 0 Å². The molecule has 33 heavy (non-hydrogen) atoms. The van der Waals surface area contributed by atoms with Gasteiger partial charge in [-0.05, 0) is 54.6 Å². The molecule has 3 aromatic rings. The fourth-order valence-electron chi connectivity index (χ4n) is 3.75. The topological polar surface area (TPSA) is 76.4 Å². The molecule has 1 fully saturated rings. The van der Waals surface area contributed by atoms with Crippen LogP contribution in [0, 0.1) is 23.0 Å². The minimum atomic E-state index is -0.562. The largest absolute Gasteiger partial charge is 0.367 e. The first kappa shape index (κ1) is 22.0. The molecule has 0 radical (unpaired) electrons. The molecule has 0 atom stereocenters. The van der Waals surface area contributed by atoms with E-state index in [0.29, 0.717) is 48.7 Å². The molecule has 0 aromatic heterocycles. The first-order chi connectivity index (χ1) is 16.0. The predicted molar refractivity (Wildman–Crippen MR) is 120 cm³/mol. The van der Waals surface area contributed by atoms with E-state index in [1.165, 1.54) is 30.3 Å². The molecule has 166 valence electrons. The summed E-state index contributed by atoms with van der Waals surface area (Å²) in [6.07, 6.45) is 0. The van der Waals surface area contributed by atoms with E-state index in [4.69, 9.17) is 0 Å². The molecule has 1 saturated heterocycles. The number of hydrogen-bond acceptors (Lipinski definition) is 4. The van der Waals surface area contributed by atoms with E-state index in [9.17, 15) is 23.6 Å². The number of carbonyl (C=O) groups is 2. The standard InChI is InChI=1S/C25H20F2N4O2/c26-19-9-7-17(8-10-19)24(32)29-20-4-1-3-18(15-20)25(33)31-13-11-30(12-14-31)23-6-2-5-22(27)21(23)16-28/h1-10,15H,11-14H2,(H,29,32). The van der Waals surface area contributed by atoms with Gasteiger partial charge in [-0.1, -0.05) is 12.1 Å². The summed E-state index contributed by atoms with van der Waals surface area (Å²) < 4.78 is 27.0. The molecule has 0 aliphatic carbocycles. The number of anilines is 2. The predicted octanol–water partition coefficient (Wildman–Crippen LogP) is 4.05. The van der Waals surface area contributed by atoms with E-state index in [0.717, 1.165) is 0 Å². The van der Waals surface area contributed by atoms with Gasteiger partial charge in [-0.25, -0.2) is 8.78 Å². The number of hydrogen-bond donors (Lipinski definition) is 1.